The van der Waals surface area contributed by atoms with E-state index in [1.165, 1.54) is 5.56 Å². The fourth-order valence-electron chi connectivity index (χ4n) is 13.5. The van der Waals surface area contributed by atoms with Gasteiger partial charge in [-0.25, -0.2) is 14.0 Å². The maximum atomic E-state index is 7.03. The second kappa shape index (κ2) is 29.4. The van der Waals surface area contributed by atoms with Crippen molar-refractivity contribution in [3.63, 3.8) is 0 Å². The van der Waals surface area contributed by atoms with Crippen molar-refractivity contribution in [2.45, 2.75) is 26.1 Å². The van der Waals surface area contributed by atoms with Gasteiger partial charge in [-0.2, -0.15) is 15.3 Å². The van der Waals surface area contributed by atoms with Crippen molar-refractivity contribution in [1.82, 2.24) is 93.9 Å². The molecule has 0 bridgehead atoms. The number of rotatable bonds is 15. The molecule has 21 nitrogen and oxygen atoms in total. The number of hydrogen-bond donors (Lipinski definition) is 0. The van der Waals surface area contributed by atoms with E-state index in [1.54, 1.807) is 0 Å². The summed E-state index contributed by atoms with van der Waals surface area (Å²) in [5, 5.41) is 47.5. The van der Waals surface area contributed by atoms with Crippen LogP contribution in [0.2, 0.25) is 15.1 Å². The first-order chi connectivity index (χ1) is 48.5. The van der Waals surface area contributed by atoms with Crippen LogP contribution in [-0.4, -0.2) is 220 Å². The third-order valence-electron chi connectivity index (χ3n) is 19.4. The van der Waals surface area contributed by atoms with E-state index in [1.807, 2.05) is 161 Å². The topological polar surface area (TPSA) is 178 Å². The molecule has 13 aromatic rings. The monoisotopic (exact) mass is 1380 g/mol. The number of furan rings is 1. The molecular formula is C75H78Cl3N19O2. The highest BCUT2D eigenvalue weighted by atomic mass is 35.5. The number of aryl methyl sites for hydroxylation is 1. The quantitative estimate of drug-likeness (QED) is 0.0946. The molecule has 0 spiro atoms. The van der Waals surface area contributed by atoms with Crippen molar-refractivity contribution < 1.29 is 9.15 Å². The van der Waals surface area contributed by atoms with Gasteiger partial charge in [-0.15, -0.1) is 30.6 Å². The van der Waals surface area contributed by atoms with Crippen LogP contribution in [0.1, 0.15) is 5.56 Å². The van der Waals surface area contributed by atoms with Gasteiger partial charge in [0, 0.05) is 145 Å². The van der Waals surface area contributed by atoms with Crippen molar-refractivity contribution in [3.8, 4) is 73.6 Å². The van der Waals surface area contributed by atoms with Crippen LogP contribution in [0.4, 0.5) is 0 Å². The lowest BCUT2D eigenvalue weighted by Gasteiger charge is -2.32. The van der Waals surface area contributed by atoms with Crippen molar-refractivity contribution >= 4 is 78.9 Å². The Bertz CT molecular complexity index is 4920. The van der Waals surface area contributed by atoms with Gasteiger partial charge in [0.25, 0.3) is 0 Å². The van der Waals surface area contributed by atoms with E-state index in [4.69, 9.17) is 59.3 Å². The van der Waals surface area contributed by atoms with Crippen molar-refractivity contribution in [2.75, 3.05) is 126 Å². The second-order valence-corrected chi connectivity index (χ2v) is 27.1. The molecule has 4 aliphatic rings. The highest BCUT2D eigenvalue weighted by Crippen LogP contribution is 2.42. The standard InChI is InChI=1S/C26H25ClN6O.C26H27ClN6O.C23H26ClN7/c1-31-11-13-32(14-12-31)15-16-33-26-22(23(27)24(28-29-26)18-7-3-2-4-8-18)25(30-33)21-17-19-9-5-6-10-20(19)34-21;1-31-10-12-32(13-11-31)14-15-33-26-22(23(27)25(28-29-26)18-5-3-2-4-6-18)24(30-33)20-7-8-21-19(17-20)9-16-34-21;1-28-11-13-30(14-12-28)15-16-31-23-19(22(27-31)18-9-6-10-29(18)2)20(24)21(25-26-23)17-7-4-3-5-8-17/h2-10,17H,11-16H2,1H3;2-8,17H,9-16H2,1H3;3-10H,11-16H2,1-2H3. The van der Waals surface area contributed by atoms with Crippen LogP contribution in [0.3, 0.4) is 0 Å². The molecule has 0 aliphatic carbocycles. The summed E-state index contributed by atoms with van der Waals surface area (Å²) in [6.45, 7) is 18.6. The second-order valence-electron chi connectivity index (χ2n) is 26.0. The van der Waals surface area contributed by atoms with Gasteiger partial charge in [-0.1, -0.05) is 144 Å². The predicted octanol–water partition coefficient (Wildman–Crippen LogP) is 12.2. The number of nitrogens with zero attached hydrogens (tertiary/aromatic N) is 19. The predicted molar refractivity (Wildman–Crippen MR) is 393 cm³/mol. The zero-order valence-corrected chi connectivity index (χ0v) is 58.4. The minimum Gasteiger partial charge on any atom is -0.493 e. The molecule has 0 unspecified atom stereocenters. The molecule has 0 amide bonds. The summed E-state index contributed by atoms with van der Waals surface area (Å²) in [6.07, 6.45) is 2.93. The van der Waals surface area contributed by atoms with E-state index in [0.717, 1.165) is 208 Å². The summed E-state index contributed by atoms with van der Waals surface area (Å²) in [6, 6.07) is 50.1. The lowest BCUT2D eigenvalue weighted by molar-refractivity contribution is 0.149. The number of piperazine rings is 3. The summed E-state index contributed by atoms with van der Waals surface area (Å²) in [7, 11) is 8.53. The van der Waals surface area contributed by atoms with E-state index in [2.05, 4.69) is 104 Å². The Morgan fingerprint density at radius 2 is 0.808 bits per heavy atom. The van der Waals surface area contributed by atoms with Crippen LogP contribution in [0.5, 0.6) is 5.75 Å². The highest BCUT2D eigenvalue weighted by molar-refractivity contribution is 6.40. The van der Waals surface area contributed by atoms with E-state index in [9.17, 15) is 0 Å². The molecule has 99 heavy (non-hydrogen) atoms. The number of benzene rings is 5. The van der Waals surface area contributed by atoms with Crippen LogP contribution in [0, 0.1) is 0 Å². The van der Waals surface area contributed by atoms with E-state index >= 15 is 0 Å². The van der Waals surface area contributed by atoms with Crippen LogP contribution in [0.25, 0.3) is 112 Å². The first-order valence-corrected chi connectivity index (χ1v) is 35.1. The number of aromatic nitrogens is 13. The third kappa shape index (κ3) is 14.0. The molecule has 17 rings (SSSR count). The molecule has 0 N–H and O–H groups in total. The van der Waals surface area contributed by atoms with Gasteiger partial charge in [0.15, 0.2) is 22.7 Å². The largest absolute Gasteiger partial charge is 0.493 e. The summed E-state index contributed by atoms with van der Waals surface area (Å²) in [5.41, 5.74) is 13.4. The Kier molecular flexibility index (Phi) is 19.6. The Morgan fingerprint density at radius 3 is 1.26 bits per heavy atom. The molecular weight excluding hydrogens is 1310 g/mol. The van der Waals surface area contributed by atoms with Crippen molar-refractivity contribution in [3.05, 3.63) is 178 Å². The first-order valence-electron chi connectivity index (χ1n) is 34.0. The average molecular weight is 1380 g/mol. The van der Waals surface area contributed by atoms with Crippen LogP contribution in [-0.2, 0) is 33.1 Å². The SMILES string of the molecule is CN1CCN(CCn2nc(-c3cc4ccccc4o3)c3c(Cl)c(-c4ccccc4)nnc32)CC1.CN1CCN(CCn2nc(-c3ccc4c(c3)CCO4)c3c(Cl)c(-c4ccccc4)nnc32)CC1.CN1CCN(CCn2nc(-c3cccn3C)c3c(Cl)c(-c4ccccc4)nnc32)CC1. The lowest BCUT2D eigenvalue weighted by Crippen LogP contribution is -2.45. The Hall–Kier alpha value is -9.00. The number of hydrogen-bond acceptors (Lipinski definition) is 17. The molecule has 0 radical (unpaired) electrons. The zero-order chi connectivity index (χ0) is 67.5. The highest BCUT2D eigenvalue weighted by Gasteiger charge is 2.28. The molecule has 0 saturated carbocycles. The fourth-order valence-corrected chi connectivity index (χ4v) is 14.4. The summed E-state index contributed by atoms with van der Waals surface area (Å²) < 4.78 is 19.8. The van der Waals surface area contributed by atoms with Crippen molar-refractivity contribution in [2.24, 2.45) is 7.05 Å². The smallest absolute Gasteiger partial charge is 0.182 e. The number of likely N-dealkylation sites (N-methyl/N-ethyl adjacent to an activating group) is 3. The minimum absolute atomic E-state index is 0.539. The van der Waals surface area contributed by atoms with Gasteiger partial charge in [-0.05, 0) is 69.2 Å². The van der Waals surface area contributed by atoms with Gasteiger partial charge in [-0.3, -0.25) is 14.7 Å². The van der Waals surface area contributed by atoms with Gasteiger partial charge < -0.3 is 28.4 Å². The molecule has 12 heterocycles. The molecule has 506 valence electrons. The molecule has 0 atom stereocenters. The number of fused-ring (bicyclic) bond motifs is 5. The van der Waals surface area contributed by atoms with E-state index in [0.29, 0.717) is 55.8 Å². The maximum absolute atomic E-state index is 7.03. The molecule has 4 aliphatic heterocycles. The Balaban J connectivity index is 0.000000121. The first kappa shape index (κ1) is 65.9. The van der Waals surface area contributed by atoms with Crippen molar-refractivity contribution in [1.29, 1.82) is 0 Å². The molecule has 24 heteroatoms. The third-order valence-corrected chi connectivity index (χ3v) is 20.5. The minimum atomic E-state index is 0.539. The van der Waals surface area contributed by atoms with Crippen LogP contribution in [0.15, 0.2) is 162 Å². The maximum Gasteiger partial charge on any atom is 0.182 e. The van der Waals surface area contributed by atoms with E-state index < -0.39 is 0 Å². The van der Waals surface area contributed by atoms with Gasteiger partial charge in [0.05, 0.1) is 63.2 Å². The average Bonchev–Trinajstić information content (AvgIpc) is 1.63. The van der Waals surface area contributed by atoms with Gasteiger partial charge >= 0.3 is 0 Å². The molecule has 3 fully saturated rings. The summed E-state index contributed by atoms with van der Waals surface area (Å²) in [4.78, 5) is 14.5. The molecule has 8 aromatic heterocycles. The van der Waals surface area contributed by atoms with Crippen LogP contribution >= 0.6 is 34.8 Å². The number of ether oxygens (including phenoxy) is 1. The Morgan fingerprint density at radius 1 is 0.384 bits per heavy atom. The Labute approximate surface area is 589 Å². The number of halogens is 3. The summed E-state index contributed by atoms with van der Waals surface area (Å²) in [5.74, 6) is 1.64. The van der Waals surface area contributed by atoms with E-state index in [-0.39, 0.29) is 0 Å². The van der Waals surface area contributed by atoms with Gasteiger partial charge in [0.1, 0.15) is 45.5 Å². The number of para-hydroxylation sites is 1. The van der Waals surface area contributed by atoms with Gasteiger partial charge in [0.2, 0.25) is 0 Å². The lowest BCUT2D eigenvalue weighted by atomic mass is 10.0. The zero-order valence-electron chi connectivity index (χ0n) is 56.1. The van der Waals surface area contributed by atoms with Crippen LogP contribution < -0.4 is 4.74 Å². The normalized spacial score (nSPS) is 15.9. The molecule has 3 saturated heterocycles. The molecule has 5 aromatic carbocycles. The fraction of sp³-hybridized carbons (Fsp3) is 0.320. The summed E-state index contributed by atoms with van der Waals surface area (Å²) >= 11 is 21.0.